The number of aromatic nitrogens is 2. The van der Waals surface area contributed by atoms with Gasteiger partial charge in [-0.05, 0) is 19.3 Å². The molecular weight excluding hydrogens is 275 g/mol. The standard InChI is InChI=1S/C10H15N2O6P/c13-8-3-5-12(10(14)11-8)9-2-1-7(18-9)4-6-19(15,16)17/h3,5,7,9H,1-2,4,6H2,(H,11,13,14)(H2,15,16,17)/t7-,9+/m0/s1. The van der Waals surface area contributed by atoms with Crippen LogP contribution >= 0.6 is 7.60 Å². The number of nitrogens with one attached hydrogen (secondary N) is 1. The van der Waals surface area contributed by atoms with Crippen LogP contribution in [0.1, 0.15) is 25.5 Å². The van der Waals surface area contributed by atoms with Crippen molar-refractivity contribution in [3.05, 3.63) is 33.1 Å². The van der Waals surface area contributed by atoms with Crippen LogP contribution in [-0.4, -0.2) is 31.6 Å². The molecule has 0 saturated carbocycles. The van der Waals surface area contributed by atoms with Gasteiger partial charge >= 0.3 is 13.3 Å². The zero-order valence-corrected chi connectivity index (χ0v) is 11.0. The van der Waals surface area contributed by atoms with Crippen molar-refractivity contribution in [2.45, 2.75) is 31.6 Å². The molecule has 2 atom stereocenters. The number of H-pyrrole nitrogens is 1. The summed E-state index contributed by atoms with van der Waals surface area (Å²) < 4.78 is 17.6. The SMILES string of the molecule is O=c1ccn([C@H]2CC[C@@H](CCP(=O)(O)O)O2)c(=O)[nH]1. The van der Waals surface area contributed by atoms with Crippen molar-refractivity contribution in [2.75, 3.05) is 6.16 Å². The highest BCUT2D eigenvalue weighted by Crippen LogP contribution is 2.38. The summed E-state index contributed by atoms with van der Waals surface area (Å²) in [6, 6.07) is 1.23. The van der Waals surface area contributed by atoms with E-state index in [1.165, 1.54) is 16.8 Å². The molecule has 2 heterocycles. The molecule has 2 rings (SSSR count). The molecule has 0 amide bonds. The minimum Gasteiger partial charge on any atom is -0.355 e. The summed E-state index contributed by atoms with van der Waals surface area (Å²) in [6.45, 7) is 0. The van der Waals surface area contributed by atoms with E-state index in [9.17, 15) is 14.2 Å². The van der Waals surface area contributed by atoms with E-state index in [0.29, 0.717) is 12.8 Å². The van der Waals surface area contributed by atoms with Crippen molar-refractivity contribution in [1.82, 2.24) is 9.55 Å². The Morgan fingerprint density at radius 1 is 1.42 bits per heavy atom. The van der Waals surface area contributed by atoms with Crippen LogP contribution in [0.5, 0.6) is 0 Å². The number of ether oxygens (including phenoxy) is 1. The molecule has 9 heteroatoms. The lowest BCUT2D eigenvalue weighted by molar-refractivity contribution is -0.00211. The molecule has 1 saturated heterocycles. The summed E-state index contributed by atoms with van der Waals surface area (Å²) in [5, 5.41) is 0. The lowest BCUT2D eigenvalue weighted by Gasteiger charge is -2.15. The van der Waals surface area contributed by atoms with Gasteiger partial charge in [0.1, 0.15) is 6.23 Å². The Kier molecular flexibility index (Phi) is 4.05. The smallest absolute Gasteiger partial charge is 0.330 e. The maximum absolute atomic E-state index is 11.6. The summed E-state index contributed by atoms with van der Waals surface area (Å²) in [7, 11) is -4.02. The first kappa shape index (κ1) is 14.2. The molecule has 1 aliphatic heterocycles. The highest BCUT2D eigenvalue weighted by atomic mass is 31.2. The van der Waals surface area contributed by atoms with Crippen LogP contribution in [0.3, 0.4) is 0 Å². The van der Waals surface area contributed by atoms with Gasteiger partial charge in [-0.2, -0.15) is 0 Å². The van der Waals surface area contributed by atoms with Gasteiger partial charge in [0, 0.05) is 12.3 Å². The molecular formula is C10H15N2O6P. The van der Waals surface area contributed by atoms with Crippen LogP contribution < -0.4 is 11.2 Å². The largest absolute Gasteiger partial charge is 0.355 e. The molecule has 1 aromatic heterocycles. The highest BCUT2D eigenvalue weighted by molar-refractivity contribution is 7.51. The average Bonchev–Trinajstić information content (AvgIpc) is 2.74. The van der Waals surface area contributed by atoms with E-state index in [1.54, 1.807) is 0 Å². The summed E-state index contributed by atoms with van der Waals surface area (Å²) in [4.78, 5) is 42.2. The first-order valence-corrected chi connectivity index (χ1v) is 7.66. The fourth-order valence-corrected chi connectivity index (χ4v) is 2.69. The predicted octanol–water partition coefficient (Wildman–Crippen LogP) is -0.218. The molecule has 19 heavy (non-hydrogen) atoms. The van der Waals surface area contributed by atoms with E-state index in [-0.39, 0.29) is 18.7 Å². The minimum absolute atomic E-state index is 0.231. The van der Waals surface area contributed by atoms with Crippen molar-refractivity contribution in [2.24, 2.45) is 0 Å². The van der Waals surface area contributed by atoms with Crippen LogP contribution in [0.4, 0.5) is 0 Å². The number of nitrogens with zero attached hydrogens (tertiary/aromatic N) is 1. The van der Waals surface area contributed by atoms with Gasteiger partial charge in [0.05, 0.1) is 12.3 Å². The second kappa shape index (κ2) is 5.42. The molecule has 1 aromatic rings. The van der Waals surface area contributed by atoms with E-state index in [1.807, 2.05) is 0 Å². The fourth-order valence-electron chi connectivity index (χ4n) is 2.07. The first-order valence-electron chi connectivity index (χ1n) is 5.87. The number of hydrogen-bond acceptors (Lipinski definition) is 4. The fraction of sp³-hybridized carbons (Fsp3) is 0.600. The van der Waals surface area contributed by atoms with Gasteiger partial charge in [-0.15, -0.1) is 0 Å². The van der Waals surface area contributed by atoms with Crippen molar-refractivity contribution in [3.8, 4) is 0 Å². The minimum atomic E-state index is -4.02. The second-order valence-corrected chi connectivity index (χ2v) is 6.26. The topological polar surface area (TPSA) is 122 Å². The van der Waals surface area contributed by atoms with Crippen LogP contribution in [0.15, 0.2) is 21.9 Å². The summed E-state index contributed by atoms with van der Waals surface area (Å²) in [5.74, 6) is 0. The third-order valence-electron chi connectivity index (χ3n) is 2.99. The zero-order valence-electron chi connectivity index (χ0n) is 10.1. The molecule has 0 bridgehead atoms. The molecule has 0 aromatic carbocycles. The van der Waals surface area contributed by atoms with Gasteiger partial charge in [-0.25, -0.2) is 4.79 Å². The Morgan fingerprint density at radius 2 is 2.16 bits per heavy atom. The maximum atomic E-state index is 11.6. The number of aromatic amines is 1. The van der Waals surface area contributed by atoms with Gasteiger partial charge < -0.3 is 14.5 Å². The third-order valence-corrected chi connectivity index (χ3v) is 3.83. The molecule has 0 radical (unpaired) electrons. The van der Waals surface area contributed by atoms with Gasteiger partial charge in [0.25, 0.3) is 5.56 Å². The quantitative estimate of drug-likeness (QED) is 0.659. The number of rotatable bonds is 4. The van der Waals surface area contributed by atoms with Crippen molar-refractivity contribution >= 4 is 7.60 Å². The summed E-state index contributed by atoms with van der Waals surface area (Å²) in [6.07, 6.45) is 1.79. The lowest BCUT2D eigenvalue weighted by atomic mass is 10.2. The third kappa shape index (κ3) is 3.87. The maximum Gasteiger partial charge on any atom is 0.330 e. The van der Waals surface area contributed by atoms with E-state index in [2.05, 4.69) is 4.98 Å². The Hall–Kier alpha value is -1.21. The Balaban J connectivity index is 2.00. The number of hydrogen-bond donors (Lipinski definition) is 3. The molecule has 106 valence electrons. The predicted molar refractivity (Wildman–Crippen MR) is 66.0 cm³/mol. The molecule has 1 aliphatic rings. The second-order valence-electron chi connectivity index (χ2n) is 4.48. The van der Waals surface area contributed by atoms with Gasteiger partial charge in [0.15, 0.2) is 0 Å². The van der Waals surface area contributed by atoms with E-state index >= 15 is 0 Å². The normalized spacial score (nSPS) is 23.7. The van der Waals surface area contributed by atoms with Crippen LogP contribution in [0.25, 0.3) is 0 Å². The first-order chi connectivity index (χ1) is 8.85. The molecule has 3 N–H and O–H groups in total. The van der Waals surface area contributed by atoms with E-state index < -0.39 is 25.1 Å². The van der Waals surface area contributed by atoms with Gasteiger partial charge in [-0.1, -0.05) is 0 Å². The Morgan fingerprint density at radius 3 is 2.79 bits per heavy atom. The average molecular weight is 290 g/mol. The van der Waals surface area contributed by atoms with Gasteiger partial charge in [0.2, 0.25) is 0 Å². The zero-order chi connectivity index (χ0) is 14.0. The monoisotopic (exact) mass is 290 g/mol. The molecule has 0 aliphatic carbocycles. The van der Waals surface area contributed by atoms with Crippen LogP contribution in [0, 0.1) is 0 Å². The van der Waals surface area contributed by atoms with E-state index in [0.717, 1.165) is 0 Å². The molecule has 0 unspecified atom stereocenters. The lowest BCUT2D eigenvalue weighted by Crippen LogP contribution is -2.31. The van der Waals surface area contributed by atoms with Crippen molar-refractivity contribution < 1.29 is 19.1 Å². The summed E-state index contributed by atoms with van der Waals surface area (Å²) in [5.41, 5.74) is -1.02. The Bertz CT molecular complexity index is 603. The Labute approximate surface area is 108 Å². The van der Waals surface area contributed by atoms with Crippen LogP contribution in [0.2, 0.25) is 0 Å². The van der Waals surface area contributed by atoms with Crippen LogP contribution in [-0.2, 0) is 9.30 Å². The molecule has 1 fully saturated rings. The van der Waals surface area contributed by atoms with Gasteiger partial charge in [-0.3, -0.25) is 18.9 Å². The van der Waals surface area contributed by atoms with Crippen molar-refractivity contribution in [1.29, 1.82) is 0 Å². The van der Waals surface area contributed by atoms with Crippen molar-refractivity contribution in [3.63, 3.8) is 0 Å². The molecule has 0 spiro atoms. The molecule has 8 nitrogen and oxygen atoms in total. The van der Waals surface area contributed by atoms with E-state index in [4.69, 9.17) is 14.5 Å². The highest BCUT2D eigenvalue weighted by Gasteiger charge is 2.28. The summed E-state index contributed by atoms with van der Waals surface area (Å²) >= 11 is 0.